The second kappa shape index (κ2) is 13.1. The molecule has 0 aromatic carbocycles. The van der Waals surface area contributed by atoms with Crippen LogP contribution < -0.4 is 0 Å². The molecular formula is C12H25GaO5. The summed E-state index contributed by atoms with van der Waals surface area (Å²) in [4.78, 5) is 21.8. The van der Waals surface area contributed by atoms with Gasteiger partial charge in [0, 0.05) is 13.2 Å². The molecule has 0 aliphatic carbocycles. The third kappa shape index (κ3) is 12.2. The van der Waals surface area contributed by atoms with Gasteiger partial charge in [-0.15, -0.1) is 0 Å². The van der Waals surface area contributed by atoms with Crippen LogP contribution in [-0.2, 0) is 23.8 Å². The number of carbonyl (C=O) groups excluding carboxylic acids is 2. The van der Waals surface area contributed by atoms with E-state index in [1.54, 1.807) is 0 Å². The minimum absolute atomic E-state index is 0. The predicted octanol–water partition coefficient (Wildman–Crippen LogP) is 0.504. The summed E-state index contributed by atoms with van der Waals surface area (Å²) in [5.41, 5.74) is 0. The summed E-state index contributed by atoms with van der Waals surface area (Å²) in [6, 6.07) is 0. The molecule has 0 spiro atoms. The molecule has 0 unspecified atom stereocenters. The first-order chi connectivity index (χ1) is 8.10. The molecule has 0 rings (SSSR count). The van der Waals surface area contributed by atoms with Crippen LogP contribution in [0.5, 0.6) is 0 Å². The Kier molecular flexibility index (Phi) is 14.6. The Hall–Kier alpha value is -0.304. The summed E-state index contributed by atoms with van der Waals surface area (Å²) in [5.74, 6) is -0.752. The zero-order chi connectivity index (χ0) is 13.1. The molecule has 0 aliphatic rings. The zero-order valence-electron chi connectivity index (χ0n) is 10.9. The molecule has 6 heteroatoms. The first-order valence-electron chi connectivity index (χ1n) is 5.98. The van der Waals surface area contributed by atoms with Crippen molar-refractivity contribution >= 4 is 31.5 Å². The van der Waals surface area contributed by atoms with E-state index in [0.717, 1.165) is 12.8 Å². The van der Waals surface area contributed by atoms with Crippen LogP contribution in [0.15, 0.2) is 0 Å². The van der Waals surface area contributed by atoms with Gasteiger partial charge < -0.3 is 14.2 Å². The molecule has 5 nitrogen and oxygen atoms in total. The first-order valence-corrected chi connectivity index (χ1v) is 5.98. The molecule has 0 heterocycles. The third-order valence-corrected chi connectivity index (χ3v) is 1.79. The number of carbonyl (C=O) groups is 2. The van der Waals surface area contributed by atoms with E-state index in [2.05, 4.69) is 0 Å². The second-order valence-corrected chi connectivity index (χ2v) is 3.73. The number of hydrogen-bond donors (Lipinski definition) is 0. The van der Waals surface area contributed by atoms with Crippen LogP contribution in [0.4, 0.5) is 0 Å². The zero-order valence-corrected chi connectivity index (χ0v) is 10.9. The van der Waals surface area contributed by atoms with Gasteiger partial charge >= 0.3 is 25.8 Å². The number of ether oxygens (including phenoxy) is 3. The van der Waals surface area contributed by atoms with Gasteiger partial charge in [0.2, 0.25) is 0 Å². The van der Waals surface area contributed by atoms with E-state index in [-0.39, 0.29) is 38.6 Å². The fraction of sp³-hybridized carbons (Fsp3) is 0.833. The van der Waals surface area contributed by atoms with E-state index < -0.39 is 12.3 Å². The molecule has 106 valence electrons. The Morgan fingerprint density at radius 2 is 1.56 bits per heavy atom. The van der Waals surface area contributed by atoms with Crippen LogP contribution in [0, 0.1) is 0 Å². The summed E-state index contributed by atoms with van der Waals surface area (Å²) in [6.45, 7) is 6.46. The van der Waals surface area contributed by atoms with Gasteiger partial charge in [0.1, 0.15) is 18.8 Å². The number of hydrogen-bond acceptors (Lipinski definition) is 5. The van der Waals surface area contributed by atoms with E-state index in [1.807, 2.05) is 13.8 Å². The third-order valence-electron chi connectivity index (χ3n) is 1.79. The van der Waals surface area contributed by atoms with Crippen molar-refractivity contribution in [2.45, 2.75) is 46.3 Å². The van der Waals surface area contributed by atoms with Gasteiger partial charge in [-0.25, -0.2) is 0 Å². The van der Waals surface area contributed by atoms with Crippen LogP contribution in [-0.4, -0.2) is 57.7 Å². The Balaban J connectivity index is 0. The molecule has 0 radical (unpaired) electrons. The molecule has 0 saturated carbocycles. The Bertz CT molecular complexity index is 225. The molecule has 0 aromatic rings. The Labute approximate surface area is 122 Å². The first kappa shape index (κ1) is 20.0. The molecule has 0 aromatic heterocycles. The maximum absolute atomic E-state index is 11.2. The molecule has 0 saturated heterocycles. The van der Waals surface area contributed by atoms with Gasteiger partial charge in [-0.2, -0.15) is 0 Å². The van der Waals surface area contributed by atoms with Crippen LogP contribution in [0.2, 0.25) is 0 Å². The summed E-state index contributed by atoms with van der Waals surface area (Å²) in [7, 11) is 0. The molecule has 18 heavy (non-hydrogen) atoms. The van der Waals surface area contributed by atoms with E-state index in [1.165, 1.54) is 6.92 Å². The fourth-order valence-electron chi connectivity index (χ4n) is 1.06. The Morgan fingerprint density at radius 1 is 1.06 bits per heavy atom. The number of Topliss-reactive ketones (excluding diaryl/α,β-unsaturated/α-hetero) is 1. The van der Waals surface area contributed by atoms with E-state index >= 15 is 0 Å². The van der Waals surface area contributed by atoms with E-state index in [4.69, 9.17) is 14.2 Å². The van der Waals surface area contributed by atoms with Gasteiger partial charge in [0.15, 0.2) is 6.29 Å². The molecule has 0 atom stereocenters. The van der Waals surface area contributed by atoms with Crippen LogP contribution in [0.3, 0.4) is 0 Å². The monoisotopic (exact) mass is 318 g/mol. The van der Waals surface area contributed by atoms with Crippen LogP contribution >= 0.6 is 0 Å². The van der Waals surface area contributed by atoms with Crippen molar-refractivity contribution in [3.8, 4) is 0 Å². The molecule has 0 fully saturated rings. The van der Waals surface area contributed by atoms with Crippen molar-refractivity contribution < 1.29 is 23.8 Å². The van der Waals surface area contributed by atoms with Gasteiger partial charge in [-0.1, -0.05) is 13.8 Å². The van der Waals surface area contributed by atoms with Gasteiger partial charge in [0.25, 0.3) is 0 Å². The second-order valence-electron chi connectivity index (χ2n) is 3.73. The summed E-state index contributed by atoms with van der Waals surface area (Å²) in [5, 5.41) is 0. The van der Waals surface area contributed by atoms with Crippen LogP contribution in [0.25, 0.3) is 0 Å². The van der Waals surface area contributed by atoms with Crippen molar-refractivity contribution in [1.82, 2.24) is 0 Å². The summed E-state index contributed by atoms with van der Waals surface area (Å²) >= 11 is 0. The summed E-state index contributed by atoms with van der Waals surface area (Å²) in [6.07, 6.45) is 1.00. The Morgan fingerprint density at radius 3 is 1.94 bits per heavy atom. The normalized spacial score (nSPS) is 10.0. The van der Waals surface area contributed by atoms with Gasteiger partial charge in [-0.3, -0.25) is 9.59 Å². The van der Waals surface area contributed by atoms with Crippen molar-refractivity contribution in [2.75, 3.05) is 19.8 Å². The van der Waals surface area contributed by atoms with Crippen molar-refractivity contribution in [3.63, 3.8) is 0 Å². The number of esters is 1. The molecular weight excluding hydrogens is 294 g/mol. The van der Waals surface area contributed by atoms with Crippen LogP contribution in [0.1, 0.15) is 40.0 Å². The van der Waals surface area contributed by atoms with Crippen molar-refractivity contribution in [2.24, 2.45) is 0 Å². The van der Waals surface area contributed by atoms with E-state index in [9.17, 15) is 9.59 Å². The van der Waals surface area contributed by atoms with E-state index in [0.29, 0.717) is 13.2 Å². The fourth-order valence-corrected chi connectivity index (χ4v) is 1.06. The number of rotatable bonds is 10. The van der Waals surface area contributed by atoms with Crippen molar-refractivity contribution in [1.29, 1.82) is 0 Å². The number of ketones is 1. The SMILES string of the molecule is CCCOC(COC(=O)CC(C)=O)OCCC.[GaH3]. The van der Waals surface area contributed by atoms with Crippen molar-refractivity contribution in [3.05, 3.63) is 0 Å². The molecule has 0 aliphatic heterocycles. The standard InChI is InChI=1S/C12H22O5.Ga.3H/c1-4-6-15-12(16-7-5-2)9-17-11(14)8-10(3)13;;;;/h12H,4-9H2,1-3H3;;;;. The summed E-state index contributed by atoms with van der Waals surface area (Å²) < 4.78 is 15.6. The topological polar surface area (TPSA) is 61.8 Å². The minimum atomic E-state index is -0.539. The molecule has 0 bridgehead atoms. The average Bonchev–Trinajstić information content (AvgIpc) is 2.27. The molecule has 0 N–H and O–H groups in total. The maximum atomic E-state index is 11.2. The van der Waals surface area contributed by atoms with Gasteiger partial charge in [0.05, 0.1) is 0 Å². The molecule has 0 amide bonds. The average molecular weight is 319 g/mol. The predicted molar refractivity (Wildman–Crippen MR) is 72.5 cm³/mol. The quantitative estimate of drug-likeness (QED) is 0.254. The van der Waals surface area contributed by atoms with Gasteiger partial charge in [-0.05, 0) is 19.8 Å².